The molecule has 2 atom stereocenters. The van der Waals surface area contributed by atoms with E-state index in [4.69, 9.17) is 10.5 Å². The molecule has 2 aromatic carbocycles. The second-order valence-electron chi connectivity index (χ2n) is 5.61. The van der Waals surface area contributed by atoms with E-state index in [9.17, 15) is 9.18 Å². The van der Waals surface area contributed by atoms with Crippen LogP contribution in [0.25, 0.3) is 0 Å². The molecule has 0 aromatic heterocycles. The molecule has 1 saturated heterocycles. The Morgan fingerprint density at radius 2 is 1.70 bits per heavy atom. The van der Waals surface area contributed by atoms with E-state index < -0.39 is 0 Å². The van der Waals surface area contributed by atoms with E-state index in [-0.39, 0.29) is 23.7 Å². The van der Waals surface area contributed by atoms with E-state index in [1.807, 2.05) is 24.3 Å². The summed E-state index contributed by atoms with van der Waals surface area (Å²) < 4.78 is 18.7. The molecule has 5 heteroatoms. The number of carbonyl (C=O) groups excluding carboxylic acids is 1. The Balaban J connectivity index is 1.67. The summed E-state index contributed by atoms with van der Waals surface area (Å²) in [5.41, 5.74) is 6.46. The van der Waals surface area contributed by atoms with Crippen molar-refractivity contribution in [2.45, 2.75) is 28.7 Å². The molecule has 2 unspecified atom stereocenters. The van der Waals surface area contributed by atoms with Crippen molar-refractivity contribution >= 4 is 17.7 Å². The fourth-order valence-electron chi connectivity index (χ4n) is 2.68. The lowest BCUT2D eigenvalue weighted by molar-refractivity contribution is -0.126. The van der Waals surface area contributed by atoms with Crippen LogP contribution in [0.1, 0.15) is 24.5 Å². The Bertz CT molecular complexity index is 672. The number of ether oxygens (including phenoxy) is 1. The number of hydrogen-bond donors (Lipinski definition) is 1. The van der Waals surface area contributed by atoms with Crippen molar-refractivity contribution in [3.8, 4) is 0 Å². The normalized spacial score (nSPS) is 21.1. The van der Waals surface area contributed by atoms with Crippen molar-refractivity contribution in [3.63, 3.8) is 0 Å². The molecule has 2 aromatic rings. The van der Waals surface area contributed by atoms with Crippen LogP contribution in [0.3, 0.4) is 0 Å². The second kappa shape index (κ2) is 7.15. The Morgan fingerprint density at radius 1 is 1.09 bits per heavy atom. The average Bonchev–Trinajstić information content (AvgIpc) is 2.58. The monoisotopic (exact) mass is 331 g/mol. The van der Waals surface area contributed by atoms with Crippen LogP contribution >= 0.6 is 11.8 Å². The fraction of sp³-hybridized carbons (Fsp3) is 0.278. The zero-order valence-corrected chi connectivity index (χ0v) is 13.4. The highest BCUT2D eigenvalue weighted by Crippen LogP contribution is 2.34. The summed E-state index contributed by atoms with van der Waals surface area (Å²) >= 11 is 1.58. The summed E-state index contributed by atoms with van der Waals surface area (Å²) in [6.45, 7) is 0.560. The smallest absolute Gasteiger partial charge is 0.220 e. The van der Waals surface area contributed by atoms with Crippen LogP contribution in [0, 0.1) is 11.7 Å². The number of carbonyl (C=O) groups is 1. The summed E-state index contributed by atoms with van der Waals surface area (Å²) in [7, 11) is 0. The van der Waals surface area contributed by atoms with Gasteiger partial charge in [-0.15, -0.1) is 0 Å². The summed E-state index contributed by atoms with van der Waals surface area (Å²) in [5, 5.41) is 0. The van der Waals surface area contributed by atoms with Gasteiger partial charge in [0, 0.05) is 22.3 Å². The van der Waals surface area contributed by atoms with Gasteiger partial charge < -0.3 is 10.5 Å². The molecule has 2 N–H and O–H groups in total. The third-order valence-electron chi connectivity index (χ3n) is 3.99. The zero-order valence-electron chi connectivity index (χ0n) is 12.6. The van der Waals surface area contributed by atoms with E-state index in [1.165, 1.54) is 12.1 Å². The van der Waals surface area contributed by atoms with Crippen LogP contribution in [0.15, 0.2) is 58.3 Å². The minimum Gasteiger partial charge on any atom is -0.373 e. The van der Waals surface area contributed by atoms with Gasteiger partial charge in [-0.3, -0.25) is 4.79 Å². The SMILES string of the molecule is NC(=O)C1CCOC(c2ccc(Sc3ccc(F)cc3)cc2)C1. The van der Waals surface area contributed by atoms with Crippen LogP contribution in [-0.2, 0) is 9.53 Å². The van der Waals surface area contributed by atoms with Crippen molar-refractivity contribution < 1.29 is 13.9 Å². The topological polar surface area (TPSA) is 52.3 Å². The highest BCUT2D eigenvalue weighted by molar-refractivity contribution is 7.99. The molecule has 23 heavy (non-hydrogen) atoms. The summed E-state index contributed by atoms with van der Waals surface area (Å²) in [6, 6.07) is 14.5. The molecule has 0 aliphatic carbocycles. The Kier molecular flexibility index (Phi) is 4.98. The molecule has 0 radical (unpaired) electrons. The predicted octanol–water partition coefficient (Wildman–Crippen LogP) is 3.93. The molecule has 120 valence electrons. The van der Waals surface area contributed by atoms with Crippen molar-refractivity contribution in [2.24, 2.45) is 11.7 Å². The van der Waals surface area contributed by atoms with Crippen molar-refractivity contribution in [1.29, 1.82) is 0 Å². The molecule has 1 fully saturated rings. The number of nitrogens with two attached hydrogens (primary N) is 1. The molecular formula is C18H18FNO2S. The minimum absolute atomic E-state index is 0.0777. The number of amides is 1. The third kappa shape index (κ3) is 4.12. The average molecular weight is 331 g/mol. The van der Waals surface area contributed by atoms with Gasteiger partial charge in [-0.1, -0.05) is 23.9 Å². The van der Waals surface area contributed by atoms with Gasteiger partial charge in [0.05, 0.1) is 6.10 Å². The van der Waals surface area contributed by atoms with Gasteiger partial charge in [0.25, 0.3) is 0 Å². The molecule has 3 rings (SSSR count). The molecular weight excluding hydrogens is 313 g/mol. The lowest BCUT2D eigenvalue weighted by Crippen LogP contribution is -2.30. The van der Waals surface area contributed by atoms with E-state index in [0.29, 0.717) is 19.4 Å². The number of hydrogen-bond acceptors (Lipinski definition) is 3. The third-order valence-corrected chi connectivity index (χ3v) is 5.00. The van der Waals surface area contributed by atoms with E-state index in [0.717, 1.165) is 15.4 Å². The second-order valence-corrected chi connectivity index (χ2v) is 6.76. The van der Waals surface area contributed by atoms with Crippen LogP contribution in [-0.4, -0.2) is 12.5 Å². The van der Waals surface area contributed by atoms with Gasteiger partial charge in [-0.05, 0) is 54.8 Å². The maximum Gasteiger partial charge on any atom is 0.220 e. The van der Waals surface area contributed by atoms with E-state index in [2.05, 4.69) is 0 Å². The first-order valence-electron chi connectivity index (χ1n) is 7.56. The van der Waals surface area contributed by atoms with Crippen LogP contribution in [0.4, 0.5) is 4.39 Å². The van der Waals surface area contributed by atoms with Crippen LogP contribution in [0.2, 0.25) is 0 Å². The molecule has 0 bridgehead atoms. The number of primary amides is 1. The minimum atomic E-state index is -0.248. The van der Waals surface area contributed by atoms with Crippen LogP contribution < -0.4 is 5.73 Å². The summed E-state index contributed by atoms with van der Waals surface area (Å²) in [5.74, 6) is -0.591. The molecule has 1 aliphatic rings. The largest absolute Gasteiger partial charge is 0.373 e. The maximum absolute atomic E-state index is 12.9. The van der Waals surface area contributed by atoms with Gasteiger partial charge in [0.15, 0.2) is 0 Å². The highest BCUT2D eigenvalue weighted by Gasteiger charge is 2.27. The van der Waals surface area contributed by atoms with Gasteiger partial charge in [0.1, 0.15) is 5.82 Å². The van der Waals surface area contributed by atoms with E-state index in [1.54, 1.807) is 23.9 Å². The quantitative estimate of drug-likeness (QED) is 0.923. The number of rotatable bonds is 4. The Labute approximate surface area is 139 Å². The number of benzene rings is 2. The predicted molar refractivity (Wildman–Crippen MR) is 87.6 cm³/mol. The Morgan fingerprint density at radius 3 is 2.30 bits per heavy atom. The first-order chi connectivity index (χ1) is 11.1. The molecule has 1 amide bonds. The standard InChI is InChI=1S/C18H18FNO2S/c19-14-3-7-16(8-4-14)23-15-5-1-12(2-6-15)17-11-13(18(20)21)9-10-22-17/h1-8,13,17H,9-11H2,(H2,20,21). The summed E-state index contributed by atoms with van der Waals surface area (Å²) in [6.07, 6.45) is 1.26. The van der Waals surface area contributed by atoms with E-state index >= 15 is 0 Å². The van der Waals surface area contributed by atoms with Gasteiger partial charge in [-0.2, -0.15) is 0 Å². The van der Waals surface area contributed by atoms with Gasteiger partial charge in [-0.25, -0.2) is 4.39 Å². The van der Waals surface area contributed by atoms with Gasteiger partial charge >= 0.3 is 0 Å². The maximum atomic E-state index is 12.9. The zero-order chi connectivity index (χ0) is 16.2. The first-order valence-corrected chi connectivity index (χ1v) is 8.38. The van der Waals surface area contributed by atoms with Gasteiger partial charge in [0.2, 0.25) is 5.91 Å². The first kappa shape index (κ1) is 16.0. The molecule has 1 heterocycles. The van der Waals surface area contributed by atoms with Crippen molar-refractivity contribution in [1.82, 2.24) is 0 Å². The molecule has 3 nitrogen and oxygen atoms in total. The summed E-state index contributed by atoms with van der Waals surface area (Å²) in [4.78, 5) is 13.4. The lowest BCUT2D eigenvalue weighted by atomic mass is 9.91. The molecule has 0 spiro atoms. The highest BCUT2D eigenvalue weighted by atomic mass is 32.2. The Hall–Kier alpha value is -1.85. The van der Waals surface area contributed by atoms with Crippen molar-refractivity contribution in [3.05, 3.63) is 59.9 Å². The number of halogens is 1. The fourth-order valence-corrected chi connectivity index (χ4v) is 3.49. The molecule has 1 aliphatic heterocycles. The van der Waals surface area contributed by atoms with Crippen LogP contribution in [0.5, 0.6) is 0 Å². The molecule has 0 saturated carbocycles. The lowest BCUT2D eigenvalue weighted by Gasteiger charge is -2.28. The van der Waals surface area contributed by atoms with Crippen molar-refractivity contribution in [2.75, 3.05) is 6.61 Å².